The Kier molecular flexibility index (Phi) is 4.53. The maximum absolute atomic E-state index is 12.6. The van der Waals surface area contributed by atoms with Gasteiger partial charge in [-0.25, -0.2) is 0 Å². The number of nitrogens with zero attached hydrogens (tertiary/aromatic N) is 2. The highest BCUT2D eigenvalue weighted by Crippen LogP contribution is 2.19. The number of allylic oxidation sites excluding steroid dienone is 1. The zero-order valence-electron chi connectivity index (χ0n) is 13.6. The van der Waals surface area contributed by atoms with Crippen LogP contribution in [0.25, 0.3) is 17.1 Å². The average Bonchev–Trinajstić information content (AvgIpc) is 2.81. The van der Waals surface area contributed by atoms with Crippen LogP contribution in [0.4, 0.5) is 0 Å². The van der Waals surface area contributed by atoms with Gasteiger partial charge < -0.3 is 9.13 Å². The third kappa shape index (κ3) is 2.87. The van der Waals surface area contributed by atoms with Crippen LogP contribution in [0.5, 0.6) is 0 Å². The van der Waals surface area contributed by atoms with Gasteiger partial charge in [0.25, 0.3) is 0 Å². The van der Waals surface area contributed by atoms with Gasteiger partial charge >= 0.3 is 0 Å². The van der Waals surface area contributed by atoms with Gasteiger partial charge in [-0.3, -0.25) is 10.2 Å². The molecule has 0 fully saturated rings. The number of benzene rings is 2. The van der Waals surface area contributed by atoms with Gasteiger partial charge in [-0.2, -0.15) is 0 Å². The van der Waals surface area contributed by atoms with Crippen LogP contribution in [-0.2, 0) is 13.6 Å². The van der Waals surface area contributed by atoms with E-state index in [0.29, 0.717) is 11.2 Å². The maximum Gasteiger partial charge on any atom is 0.203 e. The Morgan fingerprint density at radius 3 is 2.58 bits per heavy atom. The van der Waals surface area contributed by atoms with E-state index in [9.17, 15) is 4.79 Å². The van der Waals surface area contributed by atoms with Crippen molar-refractivity contribution in [1.82, 2.24) is 9.13 Å². The topological polar surface area (TPSA) is 50.8 Å². The molecular formula is C19H18BrN3O. The van der Waals surface area contributed by atoms with Crippen LogP contribution < -0.4 is 5.62 Å². The molecule has 3 aromatic rings. The van der Waals surface area contributed by atoms with Crippen LogP contribution in [0.15, 0.2) is 53.0 Å². The number of ketones is 1. The summed E-state index contributed by atoms with van der Waals surface area (Å²) in [5, 5.41) is 8.38. The van der Waals surface area contributed by atoms with E-state index >= 15 is 0 Å². The number of aromatic nitrogens is 2. The maximum atomic E-state index is 12.6. The van der Waals surface area contributed by atoms with Gasteiger partial charge in [0, 0.05) is 22.6 Å². The number of hydrogen-bond acceptors (Lipinski definition) is 2. The SMILES string of the molecule is CC=Cc1cccc2c1n(C)c(=N)n2CC(=O)c1ccc(Br)cc1. The predicted molar refractivity (Wildman–Crippen MR) is 99.9 cm³/mol. The summed E-state index contributed by atoms with van der Waals surface area (Å²) in [7, 11) is 1.86. The Labute approximate surface area is 148 Å². The van der Waals surface area contributed by atoms with E-state index in [1.807, 2.05) is 61.0 Å². The van der Waals surface area contributed by atoms with Crippen LogP contribution in [0.3, 0.4) is 0 Å². The van der Waals surface area contributed by atoms with Gasteiger partial charge in [0.05, 0.1) is 17.6 Å². The molecular weight excluding hydrogens is 366 g/mol. The van der Waals surface area contributed by atoms with E-state index in [1.54, 1.807) is 16.7 Å². The minimum Gasteiger partial charge on any atom is -0.313 e. The average molecular weight is 384 g/mol. The normalized spacial score (nSPS) is 11.5. The van der Waals surface area contributed by atoms with Crippen molar-refractivity contribution in [1.29, 1.82) is 5.41 Å². The molecule has 0 saturated carbocycles. The summed E-state index contributed by atoms with van der Waals surface area (Å²) >= 11 is 3.38. The van der Waals surface area contributed by atoms with Gasteiger partial charge in [-0.1, -0.05) is 52.3 Å². The number of hydrogen-bond donors (Lipinski definition) is 1. The second kappa shape index (κ2) is 6.61. The molecule has 0 atom stereocenters. The fourth-order valence-corrected chi connectivity index (χ4v) is 3.14. The Morgan fingerprint density at radius 2 is 1.92 bits per heavy atom. The first-order chi connectivity index (χ1) is 11.5. The number of imidazole rings is 1. The smallest absolute Gasteiger partial charge is 0.203 e. The number of halogens is 1. The highest BCUT2D eigenvalue weighted by Gasteiger charge is 2.14. The van der Waals surface area contributed by atoms with Crippen molar-refractivity contribution in [3.8, 4) is 0 Å². The van der Waals surface area contributed by atoms with Gasteiger partial charge in [0.1, 0.15) is 0 Å². The third-order valence-electron chi connectivity index (χ3n) is 4.06. The second-order valence-electron chi connectivity index (χ2n) is 5.61. The van der Waals surface area contributed by atoms with Crippen LogP contribution in [-0.4, -0.2) is 14.9 Å². The largest absolute Gasteiger partial charge is 0.313 e. The predicted octanol–water partition coefficient (Wildman–Crippen LogP) is 4.14. The Bertz CT molecular complexity index is 994. The molecule has 3 rings (SSSR count). The number of carbonyl (C=O) groups excluding carboxylic acids is 1. The first-order valence-electron chi connectivity index (χ1n) is 7.67. The summed E-state index contributed by atoms with van der Waals surface area (Å²) in [5.41, 5.74) is 3.85. The molecule has 0 bridgehead atoms. The highest BCUT2D eigenvalue weighted by molar-refractivity contribution is 9.10. The zero-order chi connectivity index (χ0) is 17.3. The molecule has 1 heterocycles. The lowest BCUT2D eigenvalue weighted by Crippen LogP contribution is -2.25. The first kappa shape index (κ1) is 16.5. The number of aryl methyl sites for hydroxylation is 1. The molecule has 1 aromatic heterocycles. The fraction of sp³-hybridized carbons (Fsp3) is 0.158. The van der Waals surface area contributed by atoms with Crippen molar-refractivity contribution in [3.05, 3.63) is 69.8 Å². The summed E-state index contributed by atoms with van der Waals surface area (Å²) in [6.45, 7) is 2.12. The molecule has 24 heavy (non-hydrogen) atoms. The van der Waals surface area contributed by atoms with Crippen molar-refractivity contribution >= 4 is 38.8 Å². The highest BCUT2D eigenvalue weighted by atomic mass is 79.9. The standard InChI is InChI=1S/C19H18BrN3O/c1-3-5-14-6-4-7-16-18(14)22(2)19(21)23(16)12-17(24)13-8-10-15(20)11-9-13/h3-11,21H,12H2,1-2H3. The van der Waals surface area contributed by atoms with Gasteiger partial charge in [-0.05, 0) is 25.1 Å². The number of carbonyl (C=O) groups is 1. The summed E-state index contributed by atoms with van der Waals surface area (Å²) in [4.78, 5) is 12.6. The minimum atomic E-state index is -0.00932. The van der Waals surface area contributed by atoms with Crippen LogP contribution in [0.2, 0.25) is 0 Å². The molecule has 0 radical (unpaired) electrons. The molecule has 0 unspecified atom stereocenters. The van der Waals surface area contributed by atoms with E-state index < -0.39 is 0 Å². The lowest BCUT2D eigenvalue weighted by molar-refractivity contribution is 0.0971. The lowest BCUT2D eigenvalue weighted by atomic mass is 10.1. The molecule has 0 saturated heterocycles. The molecule has 0 aliphatic rings. The summed E-state index contributed by atoms with van der Waals surface area (Å²) in [6, 6.07) is 13.2. The van der Waals surface area contributed by atoms with E-state index in [-0.39, 0.29) is 12.3 Å². The molecule has 122 valence electrons. The Hall–Kier alpha value is -2.40. The first-order valence-corrected chi connectivity index (χ1v) is 8.46. The van der Waals surface area contributed by atoms with Gasteiger partial charge in [-0.15, -0.1) is 0 Å². The fourth-order valence-electron chi connectivity index (χ4n) is 2.88. The molecule has 4 nitrogen and oxygen atoms in total. The lowest BCUT2D eigenvalue weighted by Gasteiger charge is -2.05. The van der Waals surface area contributed by atoms with Crippen molar-refractivity contribution in [2.24, 2.45) is 7.05 Å². The van der Waals surface area contributed by atoms with Crippen molar-refractivity contribution in [3.63, 3.8) is 0 Å². The molecule has 2 aromatic carbocycles. The number of rotatable bonds is 4. The monoisotopic (exact) mass is 383 g/mol. The van der Waals surface area contributed by atoms with Crippen molar-refractivity contribution in [2.45, 2.75) is 13.5 Å². The summed E-state index contributed by atoms with van der Waals surface area (Å²) in [6.07, 6.45) is 3.99. The second-order valence-corrected chi connectivity index (χ2v) is 6.53. The molecule has 0 aliphatic heterocycles. The van der Waals surface area contributed by atoms with E-state index in [4.69, 9.17) is 5.41 Å². The van der Waals surface area contributed by atoms with Gasteiger partial charge in [0.2, 0.25) is 5.62 Å². The van der Waals surface area contributed by atoms with Crippen molar-refractivity contribution in [2.75, 3.05) is 0 Å². The molecule has 5 heteroatoms. The number of fused-ring (bicyclic) bond motifs is 1. The minimum absolute atomic E-state index is 0.00932. The molecule has 1 N–H and O–H groups in total. The van der Waals surface area contributed by atoms with Crippen LogP contribution in [0, 0.1) is 5.41 Å². The van der Waals surface area contributed by atoms with E-state index in [0.717, 1.165) is 21.1 Å². The Morgan fingerprint density at radius 1 is 1.21 bits per heavy atom. The van der Waals surface area contributed by atoms with Crippen molar-refractivity contribution < 1.29 is 4.79 Å². The summed E-state index contributed by atoms with van der Waals surface area (Å²) in [5.74, 6) is -0.00932. The zero-order valence-corrected chi connectivity index (χ0v) is 15.2. The van der Waals surface area contributed by atoms with Crippen LogP contribution in [0.1, 0.15) is 22.8 Å². The molecule has 0 aliphatic carbocycles. The molecule has 0 spiro atoms. The van der Waals surface area contributed by atoms with E-state index in [2.05, 4.69) is 15.9 Å². The van der Waals surface area contributed by atoms with Gasteiger partial charge in [0.15, 0.2) is 5.78 Å². The third-order valence-corrected chi connectivity index (χ3v) is 4.59. The molecule has 0 amide bonds. The number of para-hydroxylation sites is 1. The van der Waals surface area contributed by atoms with Crippen LogP contribution >= 0.6 is 15.9 Å². The quantitative estimate of drug-likeness (QED) is 0.676. The number of Topliss-reactive ketones (excluding diaryl/α,β-unsaturated/α-hetero) is 1. The Balaban J connectivity index is 2.08. The van der Waals surface area contributed by atoms with E-state index in [1.165, 1.54) is 0 Å². The number of nitrogens with one attached hydrogen (secondary N) is 1. The summed E-state index contributed by atoms with van der Waals surface area (Å²) < 4.78 is 4.51.